The first-order valence-corrected chi connectivity index (χ1v) is 8.14. The maximum absolute atomic E-state index is 11.6. The van der Waals surface area contributed by atoms with Crippen molar-refractivity contribution >= 4 is 5.91 Å². The highest BCUT2D eigenvalue weighted by atomic mass is 16.1. The minimum Gasteiger partial charge on any atom is -0.352 e. The first kappa shape index (κ1) is 16.3. The van der Waals surface area contributed by atoms with Crippen LogP contribution >= 0.6 is 0 Å². The quantitative estimate of drug-likeness (QED) is 0.742. The van der Waals surface area contributed by atoms with Crippen LogP contribution in [0.4, 0.5) is 0 Å². The second-order valence-electron chi connectivity index (χ2n) is 6.12. The molecule has 0 radical (unpaired) electrons. The summed E-state index contributed by atoms with van der Waals surface area (Å²) in [6.45, 7) is 6.30. The number of rotatable bonds is 3. The molecule has 2 nitrogen and oxygen atoms in total. The van der Waals surface area contributed by atoms with Gasteiger partial charge in [-0.2, -0.15) is 0 Å². The Hall–Kier alpha value is -0.790. The zero-order chi connectivity index (χ0) is 13.9. The molecule has 2 heteroatoms. The van der Waals surface area contributed by atoms with Gasteiger partial charge in [0.25, 0.3) is 0 Å². The molecule has 110 valence electrons. The normalized spacial score (nSPS) is 20.1. The van der Waals surface area contributed by atoms with Gasteiger partial charge in [-0.1, -0.05) is 64.4 Å². The molecule has 0 aromatic carbocycles. The second kappa shape index (κ2) is 10.1. The van der Waals surface area contributed by atoms with Crippen LogP contribution in [0.3, 0.4) is 0 Å². The van der Waals surface area contributed by atoms with Crippen molar-refractivity contribution in [3.8, 4) is 0 Å². The lowest BCUT2D eigenvalue weighted by Crippen LogP contribution is -2.29. The van der Waals surface area contributed by atoms with Gasteiger partial charge in [-0.25, -0.2) is 0 Å². The molecule has 1 fully saturated rings. The maximum atomic E-state index is 11.6. The molecule has 0 aromatic heterocycles. The van der Waals surface area contributed by atoms with Gasteiger partial charge in [-0.3, -0.25) is 4.79 Å². The predicted octanol–water partition coefficient (Wildman–Crippen LogP) is 4.60. The van der Waals surface area contributed by atoms with Gasteiger partial charge in [0.1, 0.15) is 0 Å². The zero-order valence-corrected chi connectivity index (χ0v) is 12.7. The standard InChI is InChI=1S/C17H31NO/c1-15(2)17(19)18-14-16-12-10-8-6-4-3-5-7-9-11-13-16/h16H,1,3-14H2,2H3,(H,18,19). The fourth-order valence-corrected chi connectivity index (χ4v) is 2.84. The van der Waals surface area contributed by atoms with Crippen molar-refractivity contribution in [3.63, 3.8) is 0 Å². The van der Waals surface area contributed by atoms with Crippen LogP contribution in [-0.2, 0) is 4.79 Å². The highest BCUT2D eigenvalue weighted by Crippen LogP contribution is 2.20. The van der Waals surface area contributed by atoms with Crippen molar-refractivity contribution in [2.45, 2.75) is 77.6 Å². The molecule has 1 aliphatic rings. The number of hydrogen-bond acceptors (Lipinski definition) is 1. The van der Waals surface area contributed by atoms with Crippen molar-refractivity contribution in [1.29, 1.82) is 0 Å². The summed E-state index contributed by atoms with van der Waals surface area (Å²) in [7, 11) is 0. The Morgan fingerprint density at radius 3 is 1.79 bits per heavy atom. The summed E-state index contributed by atoms with van der Waals surface area (Å²) in [6, 6.07) is 0. The minimum absolute atomic E-state index is 0.0196. The van der Waals surface area contributed by atoms with Gasteiger partial charge in [0.2, 0.25) is 5.91 Å². The molecule has 0 bridgehead atoms. The van der Waals surface area contributed by atoms with Crippen molar-refractivity contribution in [2.24, 2.45) is 5.92 Å². The Morgan fingerprint density at radius 2 is 1.37 bits per heavy atom. The molecule has 0 saturated heterocycles. The van der Waals surface area contributed by atoms with E-state index in [0.717, 1.165) is 6.54 Å². The van der Waals surface area contributed by atoms with E-state index in [9.17, 15) is 4.79 Å². The minimum atomic E-state index is 0.0196. The van der Waals surface area contributed by atoms with Gasteiger partial charge in [0.15, 0.2) is 0 Å². The van der Waals surface area contributed by atoms with E-state index in [4.69, 9.17) is 0 Å². The Morgan fingerprint density at radius 1 is 0.947 bits per heavy atom. The fourth-order valence-electron chi connectivity index (χ4n) is 2.84. The van der Waals surface area contributed by atoms with Gasteiger partial charge in [0.05, 0.1) is 0 Å². The summed E-state index contributed by atoms with van der Waals surface area (Å²) in [5, 5.41) is 3.03. The van der Waals surface area contributed by atoms with Gasteiger partial charge in [-0.15, -0.1) is 0 Å². The molecule has 0 atom stereocenters. The number of hydrogen-bond donors (Lipinski definition) is 1. The molecule has 1 N–H and O–H groups in total. The number of nitrogens with one attached hydrogen (secondary N) is 1. The van der Waals surface area contributed by atoms with Crippen LogP contribution in [0.5, 0.6) is 0 Å². The van der Waals surface area contributed by atoms with Crippen LogP contribution in [0.15, 0.2) is 12.2 Å². The topological polar surface area (TPSA) is 29.1 Å². The Bertz CT molecular complexity index is 260. The van der Waals surface area contributed by atoms with Crippen molar-refractivity contribution in [2.75, 3.05) is 6.54 Å². The highest BCUT2D eigenvalue weighted by molar-refractivity contribution is 5.92. The second-order valence-corrected chi connectivity index (χ2v) is 6.12. The summed E-state index contributed by atoms with van der Waals surface area (Å²) < 4.78 is 0. The van der Waals surface area contributed by atoms with Gasteiger partial charge < -0.3 is 5.32 Å². The van der Waals surface area contributed by atoms with Crippen molar-refractivity contribution in [3.05, 3.63) is 12.2 Å². The highest BCUT2D eigenvalue weighted by Gasteiger charge is 2.11. The Labute approximate surface area is 119 Å². The van der Waals surface area contributed by atoms with Gasteiger partial charge in [0, 0.05) is 12.1 Å². The van der Waals surface area contributed by atoms with Crippen LogP contribution < -0.4 is 5.32 Å². The largest absolute Gasteiger partial charge is 0.352 e. The van der Waals surface area contributed by atoms with Crippen LogP contribution in [0.1, 0.15) is 77.6 Å². The molecule has 0 heterocycles. The number of carbonyl (C=O) groups is 1. The van der Waals surface area contributed by atoms with E-state index in [0.29, 0.717) is 11.5 Å². The first-order valence-electron chi connectivity index (χ1n) is 8.14. The maximum Gasteiger partial charge on any atom is 0.246 e. The third-order valence-corrected chi connectivity index (χ3v) is 4.16. The SMILES string of the molecule is C=C(C)C(=O)NCC1CCCCCCCCCCC1. The smallest absolute Gasteiger partial charge is 0.246 e. The zero-order valence-electron chi connectivity index (χ0n) is 12.7. The molecule has 1 rings (SSSR count). The molecule has 0 spiro atoms. The number of amides is 1. The summed E-state index contributed by atoms with van der Waals surface area (Å²) in [4.78, 5) is 11.6. The Kier molecular flexibility index (Phi) is 8.61. The van der Waals surface area contributed by atoms with E-state index >= 15 is 0 Å². The molecule has 0 aromatic rings. The predicted molar refractivity (Wildman–Crippen MR) is 82.1 cm³/mol. The molecule has 1 saturated carbocycles. The van der Waals surface area contributed by atoms with Crippen LogP contribution in [0.25, 0.3) is 0 Å². The first-order chi connectivity index (χ1) is 9.20. The number of carbonyl (C=O) groups excluding carboxylic acids is 1. The average Bonchev–Trinajstić information content (AvgIpc) is 2.37. The van der Waals surface area contributed by atoms with E-state index in [-0.39, 0.29) is 5.91 Å². The lowest BCUT2D eigenvalue weighted by atomic mass is 9.93. The van der Waals surface area contributed by atoms with E-state index in [2.05, 4.69) is 11.9 Å². The average molecular weight is 265 g/mol. The lowest BCUT2D eigenvalue weighted by molar-refractivity contribution is -0.117. The lowest BCUT2D eigenvalue weighted by Gasteiger charge is -2.18. The van der Waals surface area contributed by atoms with Gasteiger partial charge >= 0.3 is 0 Å². The molecule has 1 aliphatic carbocycles. The molecule has 1 amide bonds. The fraction of sp³-hybridized carbons (Fsp3) is 0.824. The van der Waals surface area contributed by atoms with Crippen molar-refractivity contribution in [1.82, 2.24) is 5.32 Å². The summed E-state index contributed by atoms with van der Waals surface area (Å²) in [6.07, 6.45) is 15.0. The Balaban J connectivity index is 2.30. The van der Waals surface area contributed by atoms with E-state index < -0.39 is 0 Å². The third kappa shape index (κ3) is 8.07. The molecular formula is C17H31NO. The molecule has 0 unspecified atom stereocenters. The monoisotopic (exact) mass is 265 g/mol. The van der Waals surface area contributed by atoms with Gasteiger partial charge in [-0.05, 0) is 25.7 Å². The summed E-state index contributed by atoms with van der Waals surface area (Å²) in [5.41, 5.74) is 0.619. The summed E-state index contributed by atoms with van der Waals surface area (Å²) >= 11 is 0. The van der Waals surface area contributed by atoms with Crippen LogP contribution in [-0.4, -0.2) is 12.5 Å². The molecule has 0 aliphatic heterocycles. The van der Waals surface area contributed by atoms with E-state index in [1.54, 1.807) is 6.92 Å². The summed E-state index contributed by atoms with van der Waals surface area (Å²) in [5.74, 6) is 0.689. The van der Waals surface area contributed by atoms with E-state index in [1.807, 2.05) is 0 Å². The van der Waals surface area contributed by atoms with E-state index in [1.165, 1.54) is 70.6 Å². The third-order valence-electron chi connectivity index (χ3n) is 4.16. The van der Waals surface area contributed by atoms with Crippen LogP contribution in [0, 0.1) is 5.92 Å². The van der Waals surface area contributed by atoms with Crippen molar-refractivity contribution < 1.29 is 4.79 Å². The molecule has 19 heavy (non-hydrogen) atoms. The molecular weight excluding hydrogens is 234 g/mol. The van der Waals surface area contributed by atoms with Crippen LogP contribution in [0.2, 0.25) is 0 Å².